The zero-order valence-corrected chi connectivity index (χ0v) is 9.78. The summed E-state index contributed by atoms with van der Waals surface area (Å²) in [6.45, 7) is 0.327. The normalized spacial score (nSPS) is 11.8. The van der Waals surface area contributed by atoms with E-state index in [1.165, 1.54) is 0 Å². The second-order valence-electron chi connectivity index (χ2n) is 3.82. The average molecular weight is 242 g/mol. The lowest BCUT2D eigenvalue weighted by molar-refractivity contribution is -0.122. The first-order valence-corrected chi connectivity index (χ1v) is 5.62. The van der Waals surface area contributed by atoms with E-state index < -0.39 is 6.04 Å². The van der Waals surface area contributed by atoms with Crippen LogP contribution in [-0.4, -0.2) is 16.1 Å². The van der Waals surface area contributed by atoms with E-state index >= 15 is 0 Å². The molecule has 5 heteroatoms. The molecule has 0 saturated carbocycles. The van der Waals surface area contributed by atoms with E-state index in [2.05, 4.69) is 15.5 Å². The number of benzene rings is 1. The van der Waals surface area contributed by atoms with Gasteiger partial charge in [-0.3, -0.25) is 4.79 Å². The first-order valence-electron chi connectivity index (χ1n) is 5.62. The minimum Gasteiger partial charge on any atom is -0.349 e. The van der Waals surface area contributed by atoms with Gasteiger partial charge in [0.2, 0.25) is 5.91 Å². The summed E-state index contributed by atoms with van der Waals surface area (Å²) in [4.78, 5) is 11.8. The van der Waals surface area contributed by atoms with Crippen molar-refractivity contribution in [2.75, 3.05) is 0 Å². The van der Waals surface area contributed by atoms with Crippen molar-refractivity contribution in [3.63, 3.8) is 0 Å². The van der Waals surface area contributed by atoms with Crippen LogP contribution in [0.1, 0.15) is 17.3 Å². The molecular weight excluding hydrogens is 228 g/mol. The van der Waals surface area contributed by atoms with Crippen LogP contribution >= 0.6 is 0 Å². The molecule has 5 nitrogen and oxygen atoms in total. The lowest BCUT2D eigenvalue weighted by Crippen LogP contribution is -2.33. The van der Waals surface area contributed by atoms with Gasteiger partial charge in [-0.2, -0.15) is 10.2 Å². The minimum atomic E-state index is -0.664. The molecule has 3 N–H and O–H groups in total. The second kappa shape index (κ2) is 5.88. The van der Waals surface area contributed by atoms with Gasteiger partial charge < -0.3 is 11.1 Å². The third kappa shape index (κ3) is 3.11. The number of nitrogens with one attached hydrogen (secondary N) is 1. The predicted octanol–water partition coefficient (Wildman–Crippen LogP) is 0.793. The summed E-state index contributed by atoms with van der Waals surface area (Å²) < 4.78 is 0. The molecular formula is C13H14N4O. The number of carbonyl (C=O) groups is 1. The van der Waals surface area contributed by atoms with Gasteiger partial charge in [0.15, 0.2) is 0 Å². The third-order valence-electron chi connectivity index (χ3n) is 2.51. The quantitative estimate of drug-likeness (QED) is 0.830. The van der Waals surface area contributed by atoms with E-state index in [4.69, 9.17) is 5.73 Å². The zero-order valence-electron chi connectivity index (χ0n) is 9.78. The van der Waals surface area contributed by atoms with Crippen LogP contribution in [-0.2, 0) is 11.3 Å². The van der Waals surface area contributed by atoms with E-state index in [1.807, 2.05) is 30.3 Å². The molecule has 0 aliphatic heterocycles. The highest BCUT2D eigenvalue weighted by Gasteiger charge is 2.14. The summed E-state index contributed by atoms with van der Waals surface area (Å²) >= 11 is 0. The lowest BCUT2D eigenvalue weighted by atomic mass is 10.1. The van der Waals surface area contributed by atoms with Crippen LogP contribution < -0.4 is 11.1 Å². The molecule has 92 valence electrons. The van der Waals surface area contributed by atoms with Crippen molar-refractivity contribution in [2.45, 2.75) is 12.6 Å². The number of rotatable bonds is 4. The molecule has 1 heterocycles. The Labute approximate surface area is 105 Å². The van der Waals surface area contributed by atoms with Gasteiger partial charge in [-0.05, 0) is 17.7 Å². The van der Waals surface area contributed by atoms with Gasteiger partial charge in [-0.25, -0.2) is 0 Å². The van der Waals surface area contributed by atoms with Gasteiger partial charge in [0.05, 0.1) is 12.2 Å². The Kier molecular flexibility index (Phi) is 3.98. The Morgan fingerprint density at radius 1 is 1.22 bits per heavy atom. The maximum Gasteiger partial charge on any atom is 0.241 e. The molecule has 1 atom stereocenters. The molecule has 2 rings (SSSR count). The van der Waals surface area contributed by atoms with Gasteiger partial charge >= 0.3 is 0 Å². The first kappa shape index (κ1) is 12.2. The lowest BCUT2D eigenvalue weighted by Gasteiger charge is -2.11. The fraction of sp³-hybridized carbons (Fsp3) is 0.154. The van der Waals surface area contributed by atoms with Crippen LogP contribution in [0, 0.1) is 0 Å². The summed E-state index contributed by atoms with van der Waals surface area (Å²) in [5.41, 5.74) is 7.34. The number of nitrogens with zero attached hydrogens (tertiary/aromatic N) is 2. The van der Waals surface area contributed by atoms with E-state index in [0.29, 0.717) is 12.2 Å². The van der Waals surface area contributed by atoms with Crippen molar-refractivity contribution < 1.29 is 4.79 Å². The van der Waals surface area contributed by atoms with Gasteiger partial charge in [-0.15, -0.1) is 0 Å². The average Bonchev–Trinajstić information content (AvgIpc) is 2.46. The van der Waals surface area contributed by atoms with Crippen molar-refractivity contribution in [3.8, 4) is 0 Å². The fourth-order valence-corrected chi connectivity index (χ4v) is 1.53. The van der Waals surface area contributed by atoms with Gasteiger partial charge in [0, 0.05) is 6.20 Å². The monoisotopic (exact) mass is 242 g/mol. The predicted molar refractivity (Wildman–Crippen MR) is 67.2 cm³/mol. The van der Waals surface area contributed by atoms with Gasteiger partial charge in [0.1, 0.15) is 6.04 Å². The number of amides is 1. The molecule has 0 unspecified atom stereocenters. The summed E-state index contributed by atoms with van der Waals surface area (Å²) in [5.74, 6) is -0.230. The SMILES string of the molecule is N[C@@H](C(=O)NCc1cccnn1)c1ccccc1. The van der Waals surface area contributed by atoms with Crippen molar-refractivity contribution in [1.82, 2.24) is 15.5 Å². The highest BCUT2D eigenvalue weighted by Crippen LogP contribution is 2.09. The molecule has 0 aliphatic carbocycles. The summed E-state index contributed by atoms with van der Waals surface area (Å²) in [6.07, 6.45) is 1.58. The molecule has 0 fully saturated rings. The molecule has 0 aliphatic rings. The molecule has 0 radical (unpaired) electrons. The molecule has 2 aromatic rings. The molecule has 1 aromatic carbocycles. The molecule has 0 spiro atoms. The van der Waals surface area contributed by atoms with Gasteiger partial charge in [0.25, 0.3) is 0 Å². The highest BCUT2D eigenvalue weighted by atomic mass is 16.2. The van der Waals surface area contributed by atoms with Crippen molar-refractivity contribution in [2.24, 2.45) is 5.73 Å². The van der Waals surface area contributed by atoms with Crippen molar-refractivity contribution in [1.29, 1.82) is 0 Å². The first-order chi connectivity index (χ1) is 8.77. The van der Waals surface area contributed by atoms with Crippen LogP contribution in [0.2, 0.25) is 0 Å². The maximum absolute atomic E-state index is 11.8. The maximum atomic E-state index is 11.8. The summed E-state index contributed by atoms with van der Waals surface area (Å²) in [6, 6.07) is 12.1. The standard InChI is InChI=1S/C13H14N4O/c14-12(10-5-2-1-3-6-10)13(18)15-9-11-7-4-8-16-17-11/h1-8,12H,9,14H2,(H,15,18)/t12-/m1/s1. The number of hydrogen-bond donors (Lipinski definition) is 2. The largest absolute Gasteiger partial charge is 0.349 e. The topological polar surface area (TPSA) is 80.9 Å². The smallest absolute Gasteiger partial charge is 0.241 e. The third-order valence-corrected chi connectivity index (χ3v) is 2.51. The molecule has 1 aromatic heterocycles. The fourth-order valence-electron chi connectivity index (χ4n) is 1.53. The highest BCUT2D eigenvalue weighted by molar-refractivity contribution is 5.82. The number of hydrogen-bond acceptors (Lipinski definition) is 4. The van der Waals surface area contributed by atoms with E-state index in [9.17, 15) is 4.79 Å². The number of aromatic nitrogens is 2. The van der Waals surface area contributed by atoms with Crippen LogP contribution in [0.5, 0.6) is 0 Å². The van der Waals surface area contributed by atoms with Crippen LogP contribution in [0.3, 0.4) is 0 Å². The Morgan fingerprint density at radius 2 is 2.00 bits per heavy atom. The van der Waals surface area contributed by atoms with E-state index in [0.717, 1.165) is 5.56 Å². The summed E-state index contributed by atoms with van der Waals surface area (Å²) in [7, 11) is 0. The number of carbonyl (C=O) groups excluding carboxylic acids is 1. The number of nitrogens with two attached hydrogens (primary N) is 1. The van der Waals surface area contributed by atoms with Crippen molar-refractivity contribution in [3.05, 3.63) is 59.9 Å². The Bertz CT molecular complexity index is 501. The Morgan fingerprint density at radius 3 is 2.67 bits per heavy atom. The van der Waals surface area contributed by atoms with Crippen molar-refractivity contribution >= 4 is 5.91 Å². The van der Waals surface area contributed by atoms with Crippen LogP contribution in [0.25, 0.3) is 0 Å². The Balaban J connectivity index is 1.93. The van der Waals surface area contributed by atoms with Gasteiger partial charge in [-0.1, -0.05) is 30.3 Å². The molecule has 0 saturated heterocycles. The second-order valence-corrected chi connectivity index (χ2v) is 3.82. The van der Waals surface area contributed by atoms with Crippen LogP contribution in [0.15, 0.2) is 48.7 Å². The van der Waals surface area contributed by atoms with Crippen LogP contribution in [0.4, 0.5) is 0 Å². The Hall–Kier alpha value is -2.27. The van der Waals surface area contributed by atoms with E-state index in [1.54, 1.807) is 18.3 Å². The molecule has 18 heavy (non-hydrogen) atoms. The molecule has 1 amide bonds. The minimum absolute atomic E-state index is 0.230. The van der Waals surface area contributed by atoms with E-state index in [-0.39, 0.29) is 5.91 Å². The summed E-state index contributed by atoms with van der Waals surface area (Å²) in [5, 5.41) is 10.3. The molecule has 0 bridgehead atoms. The zero-order chi connectivity index (χ0) is 12.8.